The van der Waals surface area contributed by atoms with Crippen LogP contribution >= 0.6 is 0 Å². The molecular formula is C19H20N2O5. The van der Waals surface area contributed by atoms with Gasteiger partial charge >= 0.3 is 0 Å². The van der Waals surface area contributed by atoms with Crippen LogP contribution in [0.5, 0.6) is 0 Å². The van der Waals surface area contributed by atoms with Gasteiger partial charge < -0.3 is 15.2 Å². The van der Waals surface area contributed by atoms with E-state index in [1.54, 1.807) is 24.3 Å². The van der Waals surface area contributed by atoms with Crippen LogP contribution in [0.3, 0.4) is 0 Å². The van der Waals surface area contributed by atoms with E-state index < -0.39 is 17.1 Å². The average molecular weight is 356 g/mol. The first-order valence-corrected chi connectivity index (χ1v) is 8.42. The molecule has 1 saturated heterocycles. The highest BCUT2D eigenvalue weighted by molar-refractivity contribution is 5.94. The first kappa shape index (κ1) is 18.0. The minimum absolute atomic E-state index is 0.00352. The fraction of sp³-hybridized carbons (Fsp3) is 0.316. The summed E-state index contributed by atoms with van der Waals surface area (Å²) in [6.45, 7) is 0.792. The summed E-state index contributed by atoms with van der Waals surface area (Å²) in [6, 6.07) is 13.5. The van der Waals surface area contributed by atoms with Gasteiger partial charge in [-0.05, 0) is 24.5 Å². The number of nitro benzene ring substituents is 1. The van der Waals surface area contributed by atoms with Crippen LogP contribution in [0.1, 0.15) is 46.5 Å². The van der Waals surface area contributed by atoms with Crippen molar-refractivity contribution in [3.05, 3.63) is 75.3 Å². The predicted octanol–water partition coefficient (Wildman–Crippen LogP) is 3.30. The van der Waals surface area contributed by atoms with Crippen LogP contribution < -0.4 is 5.73 Å². The summed E-state index contributed by atoms with van der Waals surface area (Å²) in [5.41, 5.74) is 7.43. The minimum atomic E-state index is -0.682. The number of hydrogen-bond acceptors (Lipinski definition) is 5. The number of amides is 1. The number of nitrogens with two attached hydrogens (primary N) is 1. The van der Waals surface area contributed by atoms with Crippen molar-refractivity contribution in [2.24, 2.45) is 5.73 Å². The Kier molecular flexibility index (Phi) is 5.60. The summed E-state index contributed by atoms with van der Waals surface area (Å²) in [5, 5.41) is 11.0. The zero-order valence-electron chi connectivity index (χ0n) is 14.2. The van der Waals surface area contributed by atoms with Gasteiger partial charge in [0, 0.05) is 29.2 Å². The molecule has 1 aliphatic heterocycles. The summed E-state index contributed by atoms with van der Waals surface area (Å²) >= 11 is 0. The maximum Gasteiger partial charge on any atom is 0.269 e. The van der Waals surface area contributed by atoms with Gasteiger partial charge in [-0.1, -0.05) is 30.3 Å². The van der Waals surface area contributed by atoms with Gasteiger partial charge in [0.05, 0.1) is 18.1 Å². The number of carbonyl (C=O) groups excluding carboxylic acids is 1. The molecule has 0 bridgehead atoms. The Hall–Kier alpha value is -2.77. The van der Waals surface area contributed by atoms with Crippen molar-refractivity contribution >= 4 is 11.6 Å². The van der Waals surface area contributed by atoms with E-state index in [1.807, 2.05) is 12.1 Å². The molecule has 2 aromatic rings. The van der Waals surface area contributed by atoms with Crippen LogP contribution in [-0.2, 0) is 9.47 Å². The van der Waals surface area contributed by atoms with E-state index in [2.05, 4.69) is 0 Å². The Morgan fingerprint density at radius 2 is 1.96 bits per heavy atom. The second kappa shape index (κ2) is 8.07. The molecule has 26 heavy (non-hydrogen) atoms. The van der Waals surface area contributed by atoms with Crippen LogP contribution in [0.2, 0.25) is 0 Å². The van der Waals surface area contributed by atoms with E-state index >= 15 is 0 Å². The summed E-state index contributed by atoms with van der Waals surface area (Å²) in [7, 11) is 0. The maximum absolute atomic E-state index is 11.7. The Bertz CT molecular complexity index is 808. The SMILES string of the molecule is NC(=O)c1ccccc1[C@H]1CCCO[C@@H](c2cccc([N+](=O)[O-])c2)OC1. The van der Waals surface area contributed by atoms with E-state index in [9.17, 15) is 14.9 Å². The number of carbonyl (C=O) groups is 1. The molecule has 0 radical (unpaired) electrons. The highest BCUT2D eigenvalue weighted by atomic mass is 16.7. The van der Waals surface area contributed by atoms with Crippen molar-refractivity contribution in [1.82, 2.24) is 0 Å². The van der Waals surface area contributed by atoms with Crippen LogP contribution in [0.25, 0.3) is 0 Å². The molecule has 1 heterocycles. The van der Waals surface area contributed by atoms with Gasteiger partial charge in [0.1, 0.15) is 0 Å². The Morgan fingerprint density at radius 1 is 1.15 bits per heavy atom. The fourth-order valence-electron chi connectivity index (χ4n) is 3.16. The van der Waals surface area contributed by atoms with E-state index in [0.29, 0.717) is 24.3 Å². The molecule has 1 aliphatic rings. The molecule has 0 aliphatic carbocycles. The molecule has 0 saturated carbocycles. The lowest BCUT2D eigenvalue weighted by atomic mass is 9.90. The number of nitro groups is 1. The zero-order valence-corrected chi connectivity index (χ0v) is 14.2. The van der Waals surface area contributed by atoms with Gasteiger partial charge in [0.2, 0.25) is 5.91 Å². The third-order valence-electron chi connectivity index (χ3n) is 4.43. The highest BCUT2D eigenvalue weighted by Gasteiger charge is 2.24. The fourth-order valence-corrected chi connectivity index (χ4v) is 3.16. The number of non-ortho nitro benzene ring substituents is 1. The average Bonchev–Trinajstić information content (AvgIpc) is 2.62. The van der Waals surface area contributed by atoms with Crippen molar-refractivity contribution in [2.45, 2.75) is 25.0 Å². The number of rotatable bonds is 4. The molecule has 2 N–H and O–H groups in total. The van der Waals surface area contributed by atoms with Crippen molar-refractivity contribution in [3.63, 3.8) is 0 Å². The summed E-state index contributed by atoms with van der Waals surface area (Å²) in [6.07, 6.45) is 0.900. The van der Waals surface area contributed by atoms with Gasteiger partial charge in [0.25, 0.3) is 5.69 Å². The van der Waals surface area contributed by atoms with E-state index in [4.69, 9.17) is 15.2 Å². The smallest absolute Gasteiger partial charge is 0.269 e. The van der Waals surface area contributed by atoms with Gasteiger partial charge in [0.15, 0.2) is 6.29 Å². The lowest BCUT2D eigenvalue weighted by molar-refractivity contribution is -0.385. The van der Waals surface area contributed by atoms with Crippen LogP contribution in [0.4, 0.5) is 5.69 Å². The first-order chi connectivity index (χ1) is 12.6. The highest BCUT2D eigenvalue weighted by Crippen LogP contribution is 2.31. The summed E-state index contributed by atoms with van der Waals surface area (Å²) in [5.74, 6) is -0.460. The van der Waals surface area contributed by atoms with Crippen molar-refractivity contribution < 1.29 is 19.2 Å². The van der Waals surface area contributed by atoms with Gasteiger partial charge in [-0.2, -0.15) is 0 Å². The molecular weight excluding hydrogens is 336 g/mol. The van der Waals surface area contributed by atoms with Gasteiger partial charge in [-0.3, -0.25) is 14.9 Å². The second-order valence-electron chi connectivity index (χ2n) is 6.18. The Balaban J connectivity index is 1.80. The molecule has 7 heteroatoms. The number of hydrogen-bond donors (Lipinski definition) is 1. The monoisotopic (exact) mass is 356 g/mol. The number of benzene rings is 2. The summed E-state index contributed by atoms with van der Waals surface area (Å²) < 4.78 is 11.6. The lowest BCUT2D eigenvalue weighted by Crippen LogP contribution is -2.22. The largest absolute Gasteiger partial charge is 0.366 e. The second-order valence-corrected chi connectivity index (χ2v) is 6.18. The van der Waals surface area contributed by atoms with Crippen molar-refractivity contribution in [2.75, 3.05) is 13.2 Å². The number of ether oxygens (including phenoxy) is 2. The molecule has 2 aromatic carbocycles. The van der Waals surface area contributed by atoms with E-state index in [0.717, 1.165) is 18.4 Å². The first-order valence-electron chi connectivity index (χ1n) is 8.42. The third kappa shape index (κ3) is 4.07. The molecule has 1 amide bonds. The minimum Gasteiger partial charge on any atom is -0.366 e. The third-order valence-corrected chi connectivity index (χ3v) is 4.43. The molecule has 2 atom stereocenters. The van der Waals surface area contributed by atoms with Crippen molar-refractivity contribution in [3.8, 4) is 0 Å². The number of primary amides is 1. The normalized spacial score (nSPS) is 20.8. The maximum atomic E-state index is 11.7. The summed E-state index contributed by atoms with van der Waals surface area (Å²) in [4.78, 5) is 22.2. The molecule has 0 aromatic heterocycles. The molecule has 0 spiro atoms. The molecule has 136 valence electrons. The molecule has 0 unspecified atom stereocenters. The molecule has 7 nitrogen and oxygen atoms in total. The Morgan fingerprint density at radius 3 is 2.73 bits per heavy atom. The molecule has 1 fully saturated rings. The number of nitrogens with zero attached hydrogens (tertiary/aromatic N) is 1. The van der Waals surface area contributed by atoms with Gasteiger partial charge in [-0.15, -0.1) is 0 Å². The van der Waals surface area contributed by atoms with E-state index in [1.165, 1.54) is 12.1 Å². The quantitative estimate of drug-likeness (QED) is 0.668. The predicted molar refractivity (Wildman–Crippen MR) is 94.7 cm³/mol. The van der Waals surface area contributed by atoms with Crippen LogP contribution in [0, 0.1) is 10.1 Å². The van der Waals surface area contributed by atoms with E-state index in [-0.39, 0.29) is 11.6 Å². The zero-order chi connectivity index (χ0) is 18.5. The van der Waals surface area contributed by atoms with Crippen LogP contribution in [0.15, 0.2) is 48.5 Å². The van der Waals surface area contributed by atoms with Gasteiger partial charge in [-0.25, -0.2) is 0 Å². The van der Waals surface area contributed by atoms with Crippen LogP contribution in [-0.4, -0.2) is 24.0 Å². The lowest BCUT2D eigenvalue weighted by Gasteiger charge is -2.27. The van der Waals surface area contributed by atoms with Crippen molar-refractivity contribution in [1.29, 1.82) is 0 Å². The standard InChI is InChI=1S/C19H20N2O5/c20-18(22)17-9-2-1-8-16(17)14-6-4-10-25-19(26-12-14)13-5-3-7-15(11-13)21(23)24/h1-3,5,7-9,11,14,19H,4,6,10,12H2,(H2,20,22)/t14-,19+/m0/s1. The topological polar surface area (TPSA) is 105 Å². The molecule has 3 rings (SSSR count). The Labute approximate surface area is 150 Å².